The van der Waals surface area contributed by atoms with E-state index in [0.717, 1.165) is 94.0 Å². The van der Waals surface area contributed by atoms with Crippen molar-refractivity contribution >= 4 is 76.5 Å². The van der Waals surface area contributed by atoms with Crippen molar-refractivity contribution in [3.8, 4) is 62.3 Å². The number of fused-ring (bicyclic) bond motifs is 12. The Morgan fingerprint density at radius 3 is 1.58 bits per heavy atom. The number of benzene rings is 11. The first-order valence-electron chi connectivity index (χ1n) is 49.4. The van der Waals surface area contributed by atoms with Crippen LogP contribution in [0.3, 0.4) is 0 Å². The smallest absolute Gasteiger partial charge is 0.269 e. The minimum Gasteiger partial charge on any atom is -0.458 e. The molecule has 7 heteroatoms. The van der Waals surface area contributed by atoms with Crippen LogP contribution in [0.15, 0.2) is 255 Å². The molecule has 7 nitrogen and oxygen atoms in total. The Morgan fingerprint density at radius 2 is 0.947 bits per heavy atom. The SMILES string of the molecule is [2H]c1c([2H])c2c(c([2H])c1-c1cccc(-c3c([2H])c([2H])c4c(c3[2H])C(C([2H])([2H])[2H])(C([2H])([2H])[2H])C([2H])([2H])C([2H])([2H])C4(C([2H])([2H])[2H])C([2H])([2H])[2H])c1-[n+]1[c-]n(-c3cccc(Oc4ccc5c6ccc(-n7c8ccccc8c8cccc(-n9c%10ccccc%10c%10ccccc%109)c87)cc6n(-c6ccccn6)c5c4)c3)c3ccccc31)C(C([2H])([2H])[2H])(C([2H])([2H])[2H])C([2H])([2H])C([2H])([2H])C2(C([2H])([2H])[2H])C([2H])([2H])[2H]. The first-order chi connectivity index (χ1) is 61.7. The first-order valence-corrected chi connectivity index (χ1v) is 30.4. The van der Waals surface area contributed by atoms with Crippen molar-refractivity contribution in [1.82, 2.24) is 23.3 Å². The molecule has 0 N–H and O–H groups in total. The number of hydrogen-bond acceptors (Lipinski definition) is 2. The van der Waals surface area contributed by atoms with Crippen LogP contribution in [-0.2, 0) is 21.7 Å². The number of para-hydroxylation sites is 7. The molecule has 0 fully saturated rings. The van der Waals surface area contributed by atoms with Gasteiger partial charge in [0.25, 0.3) is 6.33 Å². The Balaban J connectivity index is 0.888. The zero-order chi connectivity index (χ0) is 96.7. The number of hydrogen-bond donors (Lipinski definition) is 0. The van der Waals surface area contributed by atoms with Crippen LogP contribution in [0.5, 0.6) is 11.5 Å². The third-order valence-corrected chi connectivity index (χ3v) is 18.0. The van der Waals surface area contributed by atoms with E-state index in [2.05, 4.69) is 82.2 Å². The number of aromatic nitrogens is 6. The normalized spacial score (nSPS) is 24.6. The second-order valence-electron chi connectivity index (χ2n) is 23.9. The van der Waals surface area contributed by atoms with Crippen molar-refractivity contribution in [2.45, 2.75) is 102 Å². The molecule has 462 valence electrons. The lowest BCUT2D eigenvalue weighted by Crippen LogP contribution is -2.34. The summed E-state index contributed by atoms with van der Waals surface area (Å²) in [4.78, 5) is 4.88. The molecule has 0 saturated carbocycles. The number of imidazole rings is 1. The van der Waals surface area contributed by atoms with E-state index in [1.165, 1.54) is 41.0 Å². The van der Waals surface area contributed by atoms with Crippen molar-refractivity contribution in [2.75, 3.05) is 0 Å². The van der Waals surface area contributed by atoms with Gasteiger partial charge in [0.2, 0.25) is 0 Å². The minimum absolute atomic E-state index is 0.0383. The highest BCUT2D eigenvalue weighted by Gasteiger charge is 2.39. The maximum absolute atomic E-state index is 10.5. The van der Waals surface area contributed by atoms with Gasteiger partial charge in [0, 0.05) is 94.1 Å². The Kier molecular flexibility index (Phi) is 6.61. The highest BCUT2D eigenvalue weighted by Crippen LogP contribution is 2.51. The van der Waals surface area contributed by atoms with Crippen LogP contribution in [0, 0.1) is 6.33 Å². The van der Waals surface area contributed by atoms with Crippen LogP contribution in [0.4, 0.5) is 0 Å². The molecule has 11 aromatic carbocycles. The molecule has 16 aromatic rings. The van der Waals surface area contributed by atoms with Crippen molar-refractivity contribution in [3.05, 3.63) is 283 Å². The number of pyridine rings is 1. The maximum Gasteiger partial charge on any atom is 0.269 e. The second kappa shape index (κ2) is 20.9. The summed E-state index contributed by atoms with van der Waals surface area (Å²) in [5, 5.41) is 5.79. The van der Waals surface area contributed by atoms with E-state index in [1.54, 1.807) is 30.5 Å². The Morgan fingerprint density at radius 1 is 0.432 bits per heavy atom. The first kappa shape index (κ1) is 30.1. The van der Waals surface area contributed by atoms with Gasteiger partial charge in [-0.25, -0.2) is 4.98 Å². The molecule has 0 atom stereocenters. The zero-order valence-corrected chi connectivity index (χ0v) is 49.9. The second-order valence-corrected chi connectivity index (χ2v) is 23.9. The summed E-state index contributed by atoms with van der Waals surface area (Å²) in [7, 11) is 0. The van der Waals surface area contributed by atoms with E-state index in [-0.39, 0.29) is 28.2 Å². The topological polar surface area (TPSA) is 45.7 Å². The fourth-order valence-electron chi connectivity index (χ4n) is 13.8. The van der Waals surface area contributed by atoms with Gasteiger partial charge in [0.05, 0.1) is 69.4 Å². The summed E-state index contributed by atoms with van der Waals surface area (Å²) in [6, 6.07) is 52.3. The largest absolute Gasteiger partial charge is 0.458 e. The summed E-state index contributed by atoms with van der Waals surface area (Å²) in [5.74, 6) is 0.891. The maximum atomic E-state index is 10.5. The predicted molar refractivity (Wildman–Crippen MR) is 392 cm³/mol. The van der Waals surface area contributed by atoms with Crippen LogP contribution < -0.4 is 9.30 Å². The fraction of sp³-hybridized carbons (Fsp3) is 0.182. The van der Waals surface area contributed by atoms with Crippen LogP contribution in [0.1, 0.15) is 155 Å². The molecule has 0 unspecified atom stereocenters. The van der Waals surface area contributed by atoms with Gasteiger partial charge in [-0.1, -0.05) is 218 Å². The van der Waals surface area contributed by atoms with Gasteiger partial charge in [-0.05, 0) is 171 Å². The van der Waals surface area contributed by atoms with Gasteiger partial charge in [-0.2, -0.15) is 0 Å². The summed E-state index contributed by atoms with van der Waals surface area (Å²) in [6.45, 7) is -36.5. The van der Waals surface area contributed by atoms with Gasteiger partial charge >= 0.3 is 0 Å². The molecule has 0 spiro atoms. The van der Waals surface area contributed by atoms with E-state index >= 15 is 0 Å². The molecule has 0 amide bonds. The Bertz CT molecular complexity index is 7310. The average molecular weight is 1270 g/mol. The zero-order valence-electron chi connectivity index (χ0n) is 87.9. The molecule has 2 aliphatic rings. The van der Waals surface area contributed by atoms with E-state index in [0.29, 0.717) is 11.3 Å². The van der Waals surface area contributed by atoms with E-state index in [4.69, 9.17) is 42.6 Å². The minimum atomic E-state index is -4.87. The quantitative estimate of drug-likeness (QED) is 0.107. The monoisotopic (exact) mass is 1270 g/mol. The molecule has 2 aliphatic carbocycles. The molecule has 0 aliphatic heterocycles. The number of nitrogens with zero attached hydrogens (tertiary/aromatic N) is 6. The van der Waals surface area contributed by atoms with Gasteiger partial charge < -0.3 is 13.9 Å². The number of ether oxygens (including phenoxy) is 1. The lowest BCUT2D eigenvalue weighted by Gasteiger charge is -2.42. The number of rotatable bonds is 9. The van der Waals surface area contributed by atoms with Crippen molar-refractivity contribution < 1.29 is 61.4 Å². The molecule has 0 saturated heterocycles. The van der Waals surface area contributed by atoms with Gasteiger partial charge in [-0.3, -0.25) is 13.7 Å². The van der Waals surface area contributed by atoms with E-state index < -0.39 is 188 Å². The van der Waals surface area contributed by atoms with Crippen molar-refractivity contribution in [3.63, 3.8) is 0 Å². The fourth-order valence-corrected chi connectivity index (χ4v) is 13.8. The molecule has 5 aromatic heterocycles. The third-order valence-electron chi connectivity index (χ3n) is 18.0. The molecule has 18 rings (SSSR count). The Labute approximate surface area is 607 Å². The molecular formula is C88H74N6O. The predicted octanol–water partition coefficient (Wildman–Crippen LogP) is 22.2. The summed E-state index contributed by atoms with van der Waals surface area (Å²) < 4.78 is 371. The van der Waals surface area contributed by atoms with Crippen molar-refractivity contribution in [1.29, 1.82) is 0 Å². The van der Waals surface area contributed by atoms with Gasteiger partial charge in [0.1, 0.15) is 17.3 Å². The Hall–Kier alpha value is -10.8. The van der Waals surface area contributed by atoms with Gasteiger partial charge in [-0.15, -0.1) is 0 Å². The molecule has 5 heterocycles. The molecular weight excluding hydrogens is 1160 g/mol. The lowest BCUT2D eigenvalue weighted by molar-refractivity contribution is -0.571. The standard InChI is InChI=1S/C88H74N6O/c1-85(2)45-47-87(5,6)72-50-56(37-43-70(72)85)62-27-20-28-63(57-38-44-71-73(51-57)88(7,8)48-46-86(71,3)4)83(62)91-55-90(77-33-15-16-34-78(77)91)58-22-19-23-60(52-58)95-61-40-42-68-67-41-39-59(53-80(67)94(81(68)54-61)82-36-17-18-49-89-82)92-74-30-12-11-26-66(74)69-29-21-35-79(84(69)92)93-75-31-13-9-24-64(75)65-25-10-14-32-76(65)93/h9-44,49-54H,45-48H2,1-8H3/i1D3,2D3,3D3,4D3,5D3,6D3,7D3,8D3,37D,38D,43D,44D,45D2,46D2,47D2,48D2,50D,51D. The summed E-state index contributed by atoms with van der Waals surface area (Å²) >= 11 is 0. The van der Waals surface area contributed by atoms with Crippen LogP contribution >= 0.6 is 0 Å². The lowest BCUT2D eigenvalue weighted by atomic mass is 9.62. The molecule has 0 bridgehead atoms. The average Bonchev–Trinajstić information content (AvgIpc) is 1.05. The third kappa shape index (κ3) is 8.84. The van der Waals surface area contributed by atoms with E-state index in [1.807, 2.05) is 71.3 Å². The summed E-state index contributed by atoms with van der Waals surface area (Å²) in [6.07, 6.45) is -14.6. The van der Waals surface area contributed by atoms with Gasteiger partial charge in [0.15, 0.2) is 0 Å². The highest BCUT2D eigenvalue weighted by atomic mass is 16.5. The summed E-state index contributed by atoms with van der Waals surface area (Å²) in [5.41, 5.74) is -24.7. The van der Waals surface area contributed by atoms with Crippen LogP contribution in [0.2, 0.25) is 0 Å². The molecule has 0 radical (unpaired) electrons. The highest BCUT2D eigenvalue weighted by molar-refractivity contribution is 6.16. The molecule has 95 heavy (non-hydrogen) atoms. The van der Waals surface area contributed by atoms with Crippen LogP contribution in [0.25, 0.3) is 127 Å². The van der Waals surface area contributed by atoms with E-state index in [9.17, 15) is 19.2 Å². The van der Waals surface area contributed by atoms with Crippen molar-refractivity contribution in [2.24, 2.45) is 0 Å². The van der Waals surface area contributed by atoms with Crippen LogP contribution in [-0.4, -0.2) is 23.3 Å².